The first-order valence-electron chi connectivity index (χ1n) is 7.40. The molecule has 2 rings (SSSR count). The van der Waals surface area contributed by atoms with Crippen LogP contribution >= 0.6 is 0 Å². The first-order valence-corrected chi connectivity index (χ1v) is 7.40. The lowest BCUT2D eigenvalue weighted by Crippen LogP contribution is -2.46. The molecule has 18 heavy (non-hydrogen) atoms. The normalized spacial score (nSPS) is 20.1. The topological polar surface area (TPSA) is 15.3 Å². The van der Waals surface area contributed by atoms with Crippen molar-refractivity contribution in [2.75, 3.05) is 24.5 Å². The summed E-state index contributed by atoms with van der Waals surface area (Å²) < 4.78 is 0. The van der Waals surface area contributed by atoms with E-state index in [9.17, 15) is 0 Å². The van der Waals surface area contributed by atoms with Crippen LogP contribution in [0, 0.1) is 0 Å². The molecule has 0 radical (unpaired) electrons. The molecule has 0 aromatic heterocycles. The maximum Gasteiger partial charge on any atom is 0.0366 e. The summed E-state index contributed by atoms with van der Waals surface area (Å²) in [6.45, 7) is 7.95. The molecule has 1 aromatic rings. The standard InChI is InChI=1S/C16H26N2/c1-3-11-17-15-6-5-12-18(13-15)16-9-7-14(4-2)8-10-16/h7-10,15,17H,3-6,11-13H2,1-2H3. The van der Waals surface area contributed by atoms with Gasteiger partial charge in [0.1, 0.15) is 0 Å². The van der Waals surface area contributed by atoms with Crippen molar-refractivity contribution in [2.45, 2.75) is 45.6 Å². The quantitative estimate of drug-likeness (QED) is 0.858. The maximum atomic E-state index is 3.65. The summed E-state index contributed by atoms with van der Waals surface area (Å²) in [6.07, 6.45) is 4.98. The zero-order valence-electron chi connectivity index (χ0n) is 11.8. The van der Waals surface area contributed by atoms with Gasteiger partial charge in [0.15, 0.2) is 0 Å². The molecule has 2 heteroatoms. The van der Waals surface area contributed by atoms with Gasteiger partial charge < -0.3 is 10.2 Å². The summed E-state index contributed by atoms with van der Waals surface area (Å²) in [6, 6.07) is 9.75. The monoisotopic (exact) mass is 246 g/mol. The number of hydrogen-bond donors (Lipinski definition) is 1. The lowest BCUT2D eigenvalue weighted by molar-refractivity contribution is 0.423. The van der Waals surface area contributed by atoms with Gasteiger partial charge in [0.05, 0.1) is 0 Å². The van der Waals surface area contributed by atoms with Gasteiger partial charge in [-0.15, -0.1) is 0 Å². The summed E-state index contributed by atoms with van der Waals surface area (Å²) in [5, 5.41) is 3.65. The first-order chi connectivity index (χ1) is 8.83. The molecule has 0 aliphatic carbocycles. The molecule has 1 fully saturated rings. The molecule has 1 N–H and O–H groups in total. The van der Waals surface area contributed by atoms with E-state index in [0.717, 1.165) is 19.5 Å². The molecule has 1 heterocycles. The molecule has 100 valence electrons. The van der Waals surface area contributed by atoms with Crippen LogP contribution in [0.5, 0.6) is 0 Å². The van der Waals surface area contributed by atoms with Crippen molar-refractivity contribution in [1.29, 1.82) is 0 Å². The van der Waals surface area contributed by atoms with E-state index in [-0.39, 0.29) is 0 Å². The van der Waals surface area contributed by atoms with Crippen molar-refractivity contribution in [3.05, 3.63) is 29.8 Å². The van der Waals surface area contributed by atoms with Crippen LogP contribution in [0.3, 0.4) is 0 Å². The van der Waals surface area contributed by atoms with E-state index in [0.29, 0.717) is 6.04 Å². The Balaban J connectivity index is 1.94. The SMILES string of the molecule is CCCNC1CCCN(c2ccc(CC)cc2)C1. The highest BCUT2D eigenvalue weighted by Gasteiger charge is 2.19. The minimum atomic E-state index is 0.671. The summed E-state index contributed by atoms with van der Waals surface area (Å²) >= 11 is 0. The predicted molar refractivity (Wildman–Crippen MR) is 79.3 cm³/mol. The zero-order valence-corrected chi connectivity index (χ0v) is 11.8. The fourth-order valence-electron chi connectivity index (χ4n) is 2.67. The number of aryl methyl sites for hydroxylation is 1. The fourth-order valence-corrected chi connectivity index (χ4v) is 2.67. The fraction of sp³-hybridized carbons (Fsp3) is 0.625. The summed E-state index contributed by atoms with van der Waals surface area (Å²) in [4.78, 5) is 2.52. The van der Waals surface area contributed by atoms with Crippen LogP contribution in [0.1, 0.15) is 38.7 Å². The minimum absolute atomic E-state index is 0.671. The molecular weight excluding hydrogens is 220 g/mol. The molecule has 0 spiro atoms. The Kier molecular flexibility index (Phi) is 5.06. The van der Waals surface area contributed by atoms with Gasteiger partial charge in [-0.25, -0.2) is 0 Å². The Morgan fingerprint density at radius 2 is 2.00 bits per heavy atom. The van der Waals surface area contributed by atoms with Gasteiger partial charge in [-0.2, -0.15) is 0 Å². The van der Waals surface area contributed by atoms with Gasteiger partial charge in [0.2, 0.25) is 0 Å². The number of hydrogen-bond acceptors (Lipinski definition) is 2. The molecule has 1 aromatic carbocycles. The Morgan fingerprint density at radius 3 is 2.67 bits per heavy atom. The molecular formula is C16H26N2. The second kappa shape index (κ2) is 6.79. The number of piperidine rings is 1. The lowest BCUT2D eigenvalue weighted by atomic mass is 10.0. The Morgan fingerprint density at radius 1 is 1.22 bits per heavy atom. The Labute approximate surface area is 111 Å². The van der Waals surface area contributed by atoms with Crippen LogP contribution in [0.15, 0.2) is 24.3 Å². The highest BCUT2D eigenvalue weighted by molar-refractivity contribution is 5.48. The smallest absolute Gasteiger partial charge is 0.0366 e. The van der Waals surface area contributed by atoms with Crippen LogP contribution in [0.25, 0.3) is 0 Å². The second-order valence-electron chi connectivity index (χ2n) is 5.26. The first kappa shape index (κ1) is 13.4. The maximum absolute atomic E-state index is 3.65. The van der Waals surface area contributed by atoms with E-state index in [2.05, 4.69) is 48.3 Å². The van der Waals surface area contributed by atoms with Gasteiger partial charge in [-0.05, 0) is 49.9 Å². The van der Waals surface area contributed by atoms with Gasteiger partial charge in [-0.1, -0.05) is 26.0 Å². The third-order valence-corrected chi connectivity index (χ3v) is 3.81. The van der Waals surface area contributed by atoms with Gasteiger partial charge in [-0.3, -0.25) is 0 Å². The highest BCUT2D eigenvalue weighted by Crippen LogP contribution is 2.20. The van der Waals surface area contributed by atoms with E-state index in [1.54, 1.807) is 0 Å². The predicted octanol–water partition coefficient (Wildman–Crippen LogP) is 3.22. The van der Waals surface area contributed by atoms with E-state index >= 15 is 0 Å². The average molecular weight is 246 g/mol. The third kappa shape index (κ3) is 3.49. The van der Waals surface area contributed by atoms with E-state index in [1.165, 1.54) is 37.1 Å². The van der Waals surface area contributed by atoms with Crippen molar-refractivity contribution >= 4 is 5.69 Å². The number of benzene rings is 1. The van der Waals surface area contributed by atoms with Crippen molar-refractivity contribution < 1.29 is 0 Å². The zero-order chi connectivity index (χ0) is 12.8. The van der Waals surface area contributed by atoms with E-state index in [1.807, 2.05) is 0 Å². The van der Waals surface area contributed by atoms with Crippen molar-refractivity contribution in [1.82, 2.24) is 5.32 Å². The van der Waals surface area contributed by atoms with Crippen molar-refractivity contribution in [3.63, 3.8) is 0 Å². The van der Waals surface area contributed by atoms with Crippen LogP contribution in [0.4, 0.5) is 5.69 Å². The van der Waals surface area contributed by atoms with Gasteiger partial charge in [0, 0.05) is 24.8 Å². The molecule has 1 atom stereocenters. The van der Waals surface area contributed by atoms with Crippen LogP contribution < -0.4 is 10.2 Å². The number of nitrogens with zero attached hydrogens (tertiary/aromatic N) is 1. The third-order valence-electron chi connectivity index (χ3n) is 3.81. The van der Waals surface area contributed by atoms with E-state index in [4.69, 9.17) is 0 Å². The van der Waals surface area contributed by atoms with Crippen LogP contribution in [0.2, 0.25) is 0 Å². The summed E-state index contributed by atoms with van der Waals surface area (Å²) in [5.74, 6) is 0. The average Bonchev–Trinajstić information content (AvgIpc) is 2.45. The van der Waals surface area contributed by atoms with Crippen LogP contribution in [-0.2, 0) is 6.42 Å². The van der Waals surface area contributed by atoms with Gasteiger partial charge >= 0.3 is 0 Å². The van der Waals surface area contributed by atoms with Crippen molar-refractivity contribution in [3.8, 4) is 0 Å². The summed E-state index contributed by atoms with van der Waals surface area (Å²) in [7, 11) is 0. The Hall–Kier alpha value is -1.02. The molecule has 0 saturated carbocycles. The number of anilines is 1. The molecule has 0 bridgehead atoms. The minimum Gasteiger partial charge on any atom is -0.370 e. The van der Waals surface area contributed by atoms with E-state index < -0.39 is 0 Å². The number of nitrogens with one attached hydrogen (secondary N) is 1. The molecule has 2 nitrogen and oxygen atoms in total. The summed E-state index contributed by atoms with van der Waals surface area (Å²) in [5.41, 5.74) is 2.81. The lowest BCUT2D eigenvalue weighted by Gasteiger charge is -2.35. The molecule has 1 saturated heterocycles. The highest BCUT2D eigenvalue weighted by atomic mass is 15.2. The Bertz CT molecular complexity index is 345. The number of rotatable bonds is 5. The van der Waals surface area contributed by atoms with Crippen LogP contribution in [-0.4, -0.2) is 25.7 Å². The molecule has 1 aliphatic rings. The second-order valence-corrected chi connectivity index (χ2v) is 5.26. The molecule has 1 aliphatic heterocycles. The van der Waals surface area contributed by atoms with Crippen molar-refractivity contribution in [2.24, 2.45) is 0 Å². The largest absolute Gasteiger partial charge is 0.370 e. The van der Waals surface area contributed by atoms with Gasteiger partial charge in [0.25, 0.3) is 0 Å². The molecule has 0 amide bonds. The molecule has 1 unspecified atom stereocenters.